The number of hydrogen-bond acceptors (Lipinski definition) is 4. The number of carbonyl (C=O) groups excluding carboxylic acids is 1. The molecular formula is C17H26N2O2. The van der Waals surface area contributed by atoms with Gasteiger partial charge in [-0.05, 0) is 31.9 Å². The van der Waals surface area contributed by atoms with Crippen LogP contribution in [0, 0.1) is 0 Å². The second kappa shape index (κ2) is 7.05. The maximum atomic E-state index is 12.3. The minimum atomic E-state index is -1.10. The molecule has 0 saturated carbocycles. The van der Waals surface area contributed by atoms with Crippen molar-refractivity contribution in [1.82, 2.24) is 4.90 Å². The topological polar surface area (TPSA) is 55.6 Å². The Morgan fingerprint density at radius 2 is 2.05 bits per heavy atom. The molecule has 4 heteroatoms. The van der Waals surface area contributed by atoms with E-state index in [0.717, 1.165) is 24.9 Å². The highest BCUT2D eigenvalue weighted by atomic mass is 16.5. The number of esters is 1. The van der Waals surface area contributed by atoms with E-state index >= 15 is 0 Å². The first kappa shape index (κ1) is 16.0. The Morgan fingerprint density at radius 3 is 2.71 bits per heavy atom. The van der Waals surface area contributed by atoms with Gasteiger partial charge in [0, 0.05) is 12.6 Å². The second-order valence-corrected chi connectivity index (χ2v) is 6.00. The number of nitrogens with zero attached hydrogens (tertiary/aromatic N) is 1. The van der Waals surface area contributed by atoms with Gasteiger partial charge in [-0.15, -0.1) is 0 Å². The molecule has 2 rings (SSSR count). The van der Waals surface area contributed by atoms with E-state index in [-0.39, 0.29) is 5.97 Å². The van der Waals surface area contributed by atoms with Gasteiger partial charge in [0.25, 0.3) is 0 Å². The SMILES string of the molecule is COC(=O)C(N)(CN1CCCCCC1C)c1ccccc1. The molecule has 1 fully saturated rings. The zero-order valence-electron chi connectivity index (χ0n) is 13.0. The van der Waals surface area contributed by atoms with E-state index in [1.807, 2.05) is 30.3 Å². The summed E-state index contributed by atoms with van der Waals surface area (Å²) < 4.78 is 4.99. The maximum Gasteiger partial charge on any atom is 0.331 e. The number of ether oxygens (including phenoxy) is 1. The molecule has 1 aliphatic heterocycles. The number of likely N-dealkylation sites (tertiary alicyclic amines) is 1. The maximum absolute atomic E-state index is 12.3. The Bertz CT molecular complexity index is 463. The van der Waals surface area contributed by atoms with E-state index in [4.69, 9.17) is 10.5 Å². The highest BCUT2D eigenvalue weighted by Crippen LogP contribution is 2.25. The molecule has 116 valence electrons. The van der Waals surface area contributed by atoms with Crippen molar-refractivity contribution in [2.24, 2.45) is 5.73 Å². The van der Waals surface area contributed by atoms with Crippen molar-refractivity contribution in [2.45, 2.75) is 44.2 Å². The third-order valence-corrected chi connectivity index (χ3v) is 4.48. The smallest absolute Gasteiger partial charge is 0.331 e. The summed E-state index contributed by atoms with van der Waals surface area (Å²) in [5.74, 6) is -0.370. The van der Waals surface area contributed by atoms with Crippen LogP contribution in [0.25, 0.3) is 0 Å². The zero-order chi connectivity index (χ0) is 15.3. The summed E-state index contributed by atoms with van der Waals surface area (Å²) in [6.45, 7) is 3.71. The van der Waals surface area contributed by atoms with Crippen molar-refractivity contribution in [3.05, 3.63) is 35.9 Å². The van der Waals surface area contributed by atoms with Crippen LogP contribution in [-0.2, 0) is 15.1 Å². The Balaban J connectivity index is 2.26. The lowest BCUT2D eigenvalue weighted by Gasteiger charge is -2.36. The van der Waals surface area contributed by atoms with Crippen LogP contribution in [0.5, 0.6) is 0 Å². The summed E-state index contributed by atoms with van der Waals surface area (Å²) in [4.78, 5) is 14.7. The van der Waals surface area contributed by atoms with Gasteiger partial charge in [0.1, 0.15) is 0 Å². The highest BCUT2D eigenvalue weighted by molar-refractivity contribution is 5.82. The first-order valence-corrected chi connectivity index (χ1v) is 7.75. The first-order valence-electron chi connectivity index (χ1n) is 7.75. The molecule has 2 atom stereocenters. The number of nitrogens with two attached hydrogens (primary N) is 1. The van der Waals surface area contributed by atoms with Gasteiger partial charge in [0.2, 0.25) is 0 Å². The van der Waals surface area contributed by atoms with Crippen molar-refractivity contribution in [3.63, 3.8) is 0 Å². The largest absolute Gasteiger partial charge is 0.467 e. The third-order valence-electron chi connectivity index (χ3n) is 4.48. The minimum absolute atomic E-state index is 0.370. The van der Waals surface area contributed by atoms with Gasteiger partial charge in [-0.3, -0.25) is 4.90 Å². The fourth-order valence-corrected chi connectivity index (χ4v) is 3.08. The van der Waals surface area contributed by atoms with Crippen LogP contribution in [0.1, 0.15) is 38.2 Å². The molecule has 1 aromatic carbocycles. The molecule has 0 amide bonds. The van der Waals surface area contributed by atoms with Crippen LogP contribution < -0.4 is 5.73 Å². The Hall–Kier alpha value is -1.39. The molecule has 2 N–H and O–H groups in total. The van der Waals surface area contributed by atoms with Gasteiger partial charge >= 0.3 is 5.97 Å². The second-order valence-electron chi connectivity index (χ2n) is 6.00. The van der Waals surface area contributed by atoms with Crippen LogP contribution >= 0.6 is 0 Å². The number of hydrogen-bond donors (Lipinski definition) is 1. The van der Waals surface area contributed by atoms with E-state index in [0.29, 0.717) is 12.6 Å². The van der Waals surface area contributed by atoms with Crippen molar-refractivity contribution in [3.8, 4) is 0 Å². The molecule has 0 bridgehead atoms. The fraction of sp³-hybridized carbons (Fsp3) is 0.588. The van der Waals surface area contributed by atoms with E-state index in [1.165, 1.54) is 20.0 Å². The molecule has 0 aliphatic carbocycles. The quantitative estimate of drug-likeness (QED) is 0.864. The Morgan fingerprint density at radius 1 is 1.33 bits per heavy atom. The van der Waals surface area contributed by atoms with E-state index in [9.17, 15) is 4.79 Å². The van der Waals surface area contributed by atoms with Gasteiger partial charge in [-0.1, -0.05) is 43.2 Å². The van der Waals surface area contributed by atoms with Gasteiger partial charge in [-0.2, -0.15) is 0 Å². The molecule has 1 aromatic rings. The van der Waals surface area contributed by atoms with Crippen LogP contribution in [0.2, 0.25) is 0 Å². The number of benzene rings is 1. The minimum Gasteiger partial charge on any atom is -0.467 e. The molecular weight excluding hydrogens is 264 g/mol. The fourth-order valence-electron chi connectivity index (χ4n) is 3.08. The van der Waals surface area contributed by atoms with Crippen molar-refractivity contribution >= 4 is 5.97 Å². The predicted molar refractivity (Wildman–Crippen MR) is 83.8 cm³/mol. The summed E-state index contributed by atoms with van der Waals surface area (Å²) in [7, 11) is 1.40. The number of carbonyl (C=O) groups is 1. The highest BCUT2D eigenvalue weighted by Gasteiger charge is 2.40. The zero-order valence-corrected chi connectivity index (χ0v) is 13.0. The average molecular weight is 290 g/mol. The molecule has 1 aliphatic rings. The van der Waals surface area contributed by atoms with Crippen LogP contribution in [0.3, 0.4) is 0 Å². The van der Waals surface area contributed by atoms with Gasteiger partial charge in [0.15, 0.2) is 5.54 Å². The van der Waals surface area contributed by atoms with Crippen LogP contribution in [-0.4, -0.2) is 37.1 Å². The average Bonchev–Trinajstić information content (AvgIpc) is 2.72. The van der Waals surface area contributed by atoms with E-state index in [2.05, 4.69) is 11.8 Å². The van der Waals surface area contributed by atoms with Gasteiger partial charge in [-0.25, -0.2) is 4.79 Å². The summed E-state index contributed by atoms with van der Waals surface area (Å²) >= 11 is 0. The van der Waals surface area contributed by atoms with E-state index in [1.54, 1.807) is 0 Å². The predicted octanol–water partition coefficient (Wildman–Crippen LogP) is 2.28. The summed E-state index contributed by atoms with van der Waals surface area (Å²) in [5.41, 5.74) is 6.21. The molecule has 1 heterocycles. The standard InChI is InChI=1S/C17H26N2O2/c1-14-9-5-4-8-12-19(14)13-17(18,16(20)21-2)15-10-6-3-7-11-15/h3,6-7,10-11,14H,4-5,8-9,12-13,18H2,1-2H3. The molecule has 0 radical (unpaired) electrons. The molecule has 2 unspecified atom stereocenters. The van der Waals surface area contributed by atoms with Gasteiger partial charge < -0.3 is 10.5 Å². The Kier molecular flexibility index (Phi) is 5.37. The lowest BCUT2D eigenvalue weighted by Crippen LogP contribution is -2.55. The Labute approximate surface area is 127 Å². The lowest BCUT2D eigenvalue weighted by atomic mass is 9.89. The van der Waals surface area contributed by atoms with Gasteiger partial charge in [0.05, 0.1) is 7.11 Å². The molecule has 21 heavy (non-hydrogen) atoms. The van der Waals surface area contributed by atoms with Crippen molar-refractivity contribution in [2.75, 3.05) is 20.2 Å². The number of rotatable bonds is 4. The van der Waals surface area contributed by atoms with E-state index < -0.39 is 5.54 Å². The first-order chi connectivity index (χ1) is 10.1. The van der Waals surface area contributed by atoms with Crippen molar-refractivity contribution < 1.29 is 9.53 Å². The molecule has 1 saturated heterocycles. The van der Waals surface area contributed by atoms with Crippen LogP contribution in [0.4, 0.5) is 0 Å². The molecule has 4 nitrogen and oxygen atoms in total. The van der Waals surface area contributed by atoms with Crippen LogP contribution in [0.15, 0.2) is 30.3 Å². The third kappa shape index (κ3) is 3.63. The summed E-state index contributed by atoms with van der Waals surface area (Å²) in [6, 6.07) is 10.00. The number of methoxy groups -OCH3 is 1. The lowest BCUT2D eigenvalue weighted by molar-refractivity contribution is -0.148. The summed E-state index contributed by atoms with van der Waals surface area (Å²) in [5, 5.41) is 0. The normalized spacial score (nSPS) is 23.1. The van der Waals surface area contributed by atoms with Crippen molar-refractivity contribution in [1.29, 1.82) is 0 Å². The molecule has 0 aromatic heterocycles. The monoisotopic (exact) mass is 290 g/mol. The summed E-state index contributed by atoms with van der Waals surface area (Å²) in [6.07, 6.45) is 4.82. The molecule has 0 spiro atoms.